The second-order valence-electron chi connectivity index (χ2n) is 5.91. The van der Waals surface area contributed by atoms with Gasteiger partial charge in [0.15, 0.2) is 0 Å². The summed E-state index contributed by atoms with van der Waals surface area (Å²) in [6.07, 6.45) is 9.45. The van der Waals surface area contributed by atoms with Crippen LogP contribution in [0, 0.1) is 0 Å². The second kappa shape index (κ2) is 7.63. The number of epoxide rings is 1. The third-order valence-corrected chi connectivity index (χ3v) is 4.14. The molecule has 0 amide bonds. The molecule has 20 heavy (non-hydrogen) atoms. The Balaban J connectivity index is 2.22. The van der Waals surface area contributed by atoms with Crippen molar-refractivity contribution < 1.29 is 14.3 Å². The summed E-state index contributed by atoms with van der Waals surface area (Å²) < 4.78 is 10.3. The fourth-order valence-corrected chi connectivity index (χ4v) is 2.31. The van der Waals surface area contributed by atoms with E-state index in [4.69, 9.17) is 4.74 Å². The van der Waals surface area contributed by atoms with E-state index in [9.17, 15) is 4.79 Å². The number of esters is 1. The lowest BCUT2D eigenvalue weighted by molar-refractivity contribution is -0.134. The lowest BCUT2D eigenvalue weighted by Gasteiger charge is -2.03. The second-order valence-corrected chi connectivity index (χ2v) is 5.91. The Labute approximate surface area is 123 Å². The van der Waals surface area contributed by atoms with Gasteiger partial charge in [0.1, 0.15) is 0 Å². The van der Waals surface area contributed by atoms with Gasteiger partial charge in [-0.25, -0.2) is 4.79 Å². The highest BCUT2D eigenvalue weighted by molar-refractivity contribution is 5.82. The maximum atomic E-state index is 11.1. The van der Waals surface area contributed by atoms with Gasteiger partial charge in [0, 0.05) is 6.08 Å². The van der Waals surface area contributed by atoms with Crippen molar-refractivity contribution in [3.63, 3.8) is 0 Å². The summed E-state index contributed by atoms with van der Waals surface area (Å²) in [6.45, 7) is 8.51. The average Bonchev–Trinajstić information content (AvgIpc) is 3.08. The van der Waals surface area contributed by atoms with Crippen molar-refractivity contribution in [1.29, 1.82) is 0 Å². The molecule has 1 heterocycles. The number of rotatable bonds is 8. The zero-order valence-corrected chi connectivity index (χ0v) is 13.5. The van der Waals surface area contributed by atoms with Crippen LogP contribution in [0.15, 0.2) is 23.3 Å². The Morgan fingerprint density at radius 2 is 2.00 bits per heavy atom. The van der Waals surface area contributed by atoms with Crippen LogP contribution in [0.2, 0.25) is 0 Å². The molecule has 0 spiro atoms. The highest BCUT2D eigenvalue weighted by atomic mass is 16.6. The third-order valence-electron chi connectivity index (χ3n) is 4.14. The van der Waals surface area contributed by atoms with Gasteiger partial charge in [0.2, 0.25) is 0 Å². The minimum absolute atomic E-state index is 0.139. The standard InChI is InChI=1S/C17H28O3/c1-6-17(4)15(20-17)11-10-13(2)8-7-9-14(3)12-16(18)19-5/h8,12,15H,6-7,9-11H2,1-5H3/b13-8+,14-12+/t15-,17?/m1/s1. The molecule has 3 nitrogen and oxygen atoms in total. The molecule has 0 N–H and O–H groups in total. The van der Waals surface area contributed by atoms with Crippen molar-refractivity contribution in [2.24, 2.45) is 0 Å². The van der Waals surface area contributed by atoms with Gasteiger partial charge in [-0.15, -0.1) is 0 Å². The van der Waals surface area contributed by atoms with Crippen LogP contribution < -0.4 is 0 Å². The zero-order chi connectivity index (χ0) is 15.2. The van der Waals surface area contributed by atoms with Crippen molar-refractivity contribution in [2.45, 2.75) is 71.5 Å². The zero-order valence-electron chi connectivity index (χ0n) is 13.5. The molecule has 1 fully saturated rings. The maximum absolute atomic E-state index is 11.1. The van der Waals surface area contributed by atoms with Crippen LogP contribution in [0.1, 0.15) is 59.8 Å². The number of ether oxygens (including phenoxy) is 2. The van der Waals surface area contributed by atoms with Crippen molar-refractivity contribution in [3.8, 4) is 0 Å². The molecule has 0 aromatic heterocycles. The summed E-state index contributed by atoms with van der Waals surface area (Å²) in [5.74, 6) is -0.270. The van der Waals surface area contributed by atoms with Crippen molar-refractivity contribution in [1.82, 2.24) is 0 Å². The molecule has 0 bridgehead atoms. The minimum atomic E-state index is -0.270. The first-order chi connectivity index (χ1) is 9.41. The van der Waals surface area contributed by atoms with Crippen LogP contribution in [-0.4, -0.2) is 24.8 Å². The van der Waals surface area contributed by atoms with Gasteiger partial charge in [-0.05, 0) is 52.9 Å². The Morgan fingerprint density at radius 1 is 1.30 bits per heavy atom. The van der Waals surface area contributed by atoms with E-state index >= 15 is 0 Å². The lowest BCUT2D eigenvalue weighted by atomic mass is 9.99. The molecule has 1 aliphatic heterocycles. The first-order valence-electron chi connectivity index (χ1n) is 7.50. The normalized spacial score (nSPS) is 26.6. The maximum Gasteiger partial charge on any atom is 0.330 e. The number of allylic oxidation sites excluding steroid dienone is 3. The van der Waals surface area contributed by atoms with E-state index in [1.165, 1.54) is 12.7 Å². The fourth-order valence-electron chi connectivity index (χ4n) is 2.31. The van der Waals surface area contributed by atoms with Crippen LogP contribution in [0.3, 0.4) is 0 Å². The lowest BCUT2D eigenvalue weighted by Crippen LogP contribution is -2.07. The Bertz CT molecular complexity index is 395. The van der Waals surface area contributed by atoms with Crippen LogP contribution in [0.25, 0.3) is 0 Å². The number of hydrogen-bond donors (Lipinski definition) is 0. The molecule has 1 aliphatic rings. The quantitative estimate of drug-likeness (QED) is 0.290. The number of carbonyl (C=O) groups is 1. The average molecular weight is 280 g/mol. The van der Waals surface area contributed by atoms with Gasteiger partial charge in [-0.2, -0.15) is 0 Å². The molecule has 1 rings (SSSR count). The molecule has 114 valence electrons. The molecule has 0 aromatic carbocycles. The van der Waals surface area contributed by atoms with E-state index in [-0.39, 0.29) is 11.6 Å². The molecule has 3 heteroatoms. The molecule has 0 aromatic rings. The van der Waals surface area contributed by atoms with Gasteiger partial charge in [0.25, 0.3) is 0 Å². The van der Waals surface area contributed by atoms with E-state index in [1.807, 2.05) is 6.92 Å². The van der Waals surface area contributed by atoms with Crippen molar-refractivity contribution in [2.75, 3.05) is 7.11 Å². The van der Waals surface area contributed by atoms with E-state index in [0.717, 1.165) is 37.7 Å². The molecular weight excluding hydrogens is 252 g/mol. The van der Waals surface area contributed by atoms with E-state index in [0.29, 0.717) is 6.10 Å². The fraction of sp³-hybridized carbons (Fsp3) is 0.706. The predicted octanol–water partition coefficient (Wildman–Crippen LogP) is 4.18. The van der Waals surface area contributed by atoms with Crippen LogP contribution in [0.4, 0.5) is 0 Å². The Hall–Kier alpha value is -1.09. The molecule has 1 unspecified atom stereocenters. The minimum Gasteiger partial charge on any atom is -0.466 e. The van der Waals surface area contributed by atoms with Crippen LogP contribution >= 0.6 is 0 Å². The summed E-state index contributed by atoms with van der Waals surface area (Å²) in [5, 5.41) is 0. The summed E-state index contributed by atoms with van der Waals surface area (Å²) >= 11 is 0. The first-order valence-corrected chi connectivity index (χ1v) is 7.50. The summed E-state index contributed by atoms with van der Waals surface area (Å²) in [4.78, 5) is 11.1. The summed E-state index contributed by atoms with van der Waals surface area (Å²) in [6, 6.07) is 0. The van der Waals surface area contributed by atoms with Gasteiger partial charge >= 0.3 is 5.97 Å². The molecule has 1 saturated heterocycles. The van der Waals surface area contributed by atoms with Gasteiger partial charge in [-0.3, -0.25) is 0 Å². The monoisotopic (exact) mass is 280 g/mol. The largest absolute Gasteiger partial charge is 0.466 e. The Kier molecular flexibility index (Phi) is 6.47. The van der Waals surface area contributed by atoms with Crippen LogP contribution in [0.5, 0.6) is 0 Å². The first kappa shape index (κ1) is 17.0. The molecule has 0 saturated carbocycles. The predicted molar refractivity (Wildman–Crippen MR) is 81.6 cm³/mol. The van der Waals surface area contributed by atoms with Crippen molar-refractivity contribution in [3.05, 3.63) is 23.3 Å². The molecule has 0 aliphatic carbocycles. The topological polar surface area (TPSA) is 38.8 Å². The van der Waals surface area contributed by atoms with Gasteiger partial charge < -0.3 is 9.47 Å². The molecular formula is C17H28O3. The van der Waals surface area contributed by atoms with Gasteiger partial charge in [-0.1, -0.05) is 24.1 Å². The van der Waals surface area contributed by atoms with E-state index in [2.05, 4.69) is 31.6 Å². The Morgan fingerprint density at radius 3 is 2.55 bits per heavy atom. The molecule has 0 radical (unpaired) electrons. The van der Waals surface area contributed by atoms with Crippen molar-refractivity contribution >= 4 is 5.97 Å². The molecule has 2 atom stereocenters. The number of hydrogen-bond acceptors (Lipinski definition) is 3. The highest BCUT2D eigenvalue weighted by Crippen LogP contribution is 2.42. The number of carbonyl (C=O) groups excluding carboxylic acids is 1. The smallest absolute Gasteiger partial charge is 0.330 e. The SMILES string of the molecule is CCC1(C)O[C@@H]1CC/C(C)=C/CC/C(C)=C/C(=O)OC. The van der Waals surface area contributed by atoms with E-state index in [1.54, 1.807) is 6.08 Å². The van der Waals surface area contributed by atoms with E-state index < -0.39 is 0 Å². The number of methoxy groups -OCH3 is 1. The van der Waals surface area contributed by atoms with Crippen LogP contribution in [-0.2, 0) is 14.3 Å². The third kappa shape index (κ3) is 5.49. The summed E-state index contributed by atoms with van der Waals surface area (Å²) in [5.41, 5.74) is 2.61. The highest BCUT2D eigenvalue weighted by Gasteiger charge is 2.49. The summed E-state index contributed by atoms with van der Waals surface area (Å²) in [7, 11) is 1.40. The van der Waals surface area contributed by atoms with Gasteiger partial charge in [0.05, 0.1) is 18.8 Å².